The molecule has 0 radical (unpaired) electrons. The maximum absolute atomic E-state index is 13.5. The molecule has 0 aliphatic carbocycles. The molecule has 2 atom stereocenters. The predicted molar refractivity (Wildman–Crippen MR) is 110 cm³/mol. The van der Waals surface area contributed by atoms with E-state index in [0.29, 0.717) is 0 Å². The van der Waals surface area contributed by atoms with Crippen molar-refractivity contribution in [2.75, 3.05) is 0 Å². The lowest BCUT2D eigenvalue weighted by Crippen LogP contribution is -2.18. The summed E-state index contributed by atoms with van der Waals surface area (Å²) in [4.78, 5) is 16.2. The average Bonchev–Trinajstić information content (AvgIpc) is 2.63. The summed E-state index contributed by atoms with van der Waals surface area (Å²) in [5, 5.41) is 0. The number of unbranched alkanes of at least 4 members (excludes halogenated alkanes) is 1. The van der Waals surface area contributed by atoms with Gasteiger partial charge in [0.15, 0.2) is 0 Å². The number of carbonyl (C=O) groups is 1. The van der Waals surface area contributed by atoms with E-state index in [-0.39, 0.29) is 23.4 Å². The van der Waals surface area contributed by atoms with Gasteiger partial charge in [0, 0.05) is 23.4 Å². The molecule has 2 aromatic rings. The lowest BCUT2D eigenvalue weighted by atomic mass is 9.88. The number of nitrogens with zero attached hydrogens (tertiary/aromatic N) is 1. The molecule has 0 saturated heterocycles. The Balaban J connectivity index is 2.28. The summed E-state index contributed by atoms with van der Waals surface area (Å²) in [6.45, 7) is 9.79. The fraction of sp³-hybridized carbons (Fsp3) is 0.417. The Morgan fingerprint density at radius 1 is 1.22 bits per heavy atom. The Labute approximate surface area is 162 Å². The van der Waals surface area contributed by atoms with E-state index in [1.165, 1.54) is 6.07 Å². The van der Waals surface area contributed by atoms with Gasteiger partial charge in [0.2, 0.25) is 0 Å². The van der Waals surface area contributed by atoms with E-state index in [0.717, 1.165) is 47.2 Å². The number of carbonyl (C=O) groups excluding carboxylic acids is 1. The Hall–Kier alpha value is -2.29. The van der Waals surface area contributed by atoms with E-state index >= 15 is 0 Å². The van der Waals surface area contributed by atoms with Gasteiger partial charge in [-0.2, -0.15) is 0 Å². The molecule has 2 rings (SSSR count). The fourth-order valence-electron chi connectivity index (χ4n) is 3.21. The number of Topliss-reactive ketones (excluding diaryl/α,β-unsaturated/α-hetero) is 1. The van der Waals surface area contributed by atoms with Gasteiger partial charge in [-0.05, 0) is 67.5 Å². The molecule has 0 aliphatic rings. The van der Waals surface area contributed by atoms with Crippen molar-refractivity contribution in [2.24, 2.45) is 11.8 Å². The van der Waals surface area contributed by atoms with E-state index in [4.69, 9.17) is 0 Å². The van der Waals surface area contributed by atoms with Crippen LogP contribution in [-0.2, 0) is 11.2 Å². The number of rotatable bonds is 8. The van der Waals surface area contributed by atoms with Crippen LogP contribution < -0.4 is 0 Å². The van der Waals surface area contributed by atoms with Crippen LogP contribution in [0.4, 0.5) is 4.39 Å². The summed E-state index contributed by atoms with van der Waals surface area (Å²) < 4.78 is 13.5. The molecular formula is C24H30FNO. The maximum atomic E-state index is 13.5. The molecule has 144 valence electrons. The number of ketones is 1. The highest BCUT2D eigenvalue weighted by Gasteiger charge is 2.17. The SMILES string of the molecule is CCCC=C(c1ccc(CC(C)C(C)C(C)=O)nc1)c1ccc(F)cc1C. The lowest BCUT2D eigenvalue weighted by molar-refractivity contribution is -0.121. The second kappa shape index (κ2) is 9.59. The highest BCUT2D eigenvalue weighted by molar-refractivity contribution is 5.81. The third-order valence-corrected chi connectivity index (χ3v) is 5.28. The molecule has 1 heterocycles. The van der Waals surface area contributed by atoms with Crippen molar-refractivity contribution in [3.05, 3.63) is 70.8 Å². The van der Waals surface area contributed by atoms with E-state index in [1.807, 2.05) is 32.2 Å². The summed E-state index contributed by atoms with van der Waals surface area (Å²) in [7, 11) is 0. The van der Waals surface area contributed by atoms with Crippen molar-refractivity contribution in [2.45, 2.75) is 53.9 Å². The van der Waals surface area contributed by atoms with Crippen LogP contribution in [0.1, 0.15) is 62.9 Å². The van der Waals surface area contributed by atoms with Crippen LogP contribution in [0, 0.1) is 24.6 Å². The zero-order valence-corrected chi connectivity index (χ0v) is 17.1. The minimum Gasteiger partial charge on any atom is -0.300 e. The summed E-state index contributed by atoms with van der Waals surface area (Å²) >= 11 is 0. The van der Waals surface area contributed by atoms with Gasteiger partial charge in [0.25, 0.3) is 0 Å². The quantitative estimate of drug-likeness (QED) is 0.559. The van der Waals surface area contributed by atoms with Crippen LogP contribution in [0.15, 0.2) is 42.6 Å². The summed E-state index contributed by atoms with van der Waals surface area (Å²) in [5.41, 5.74) is 5.08. The third-order valence-electron chi connectivity index (χ3n) is 5.28. The van der Waals surface area contributed by atoms with Gasteiger partial charge in [-0.3, -0.25) is 9.78 Å². The van der Waals surface area contributed by atoms with Crippen LogP contribution >= 0.6 is 0 Å². The van der Waals surface area contributed by atoms with E-state index in [1.54, 1.807) is 13.0 Å². The van der Waals surface area contributed by atoms with E-state index in [9.17, 15) is 9.18 Å². The first-order chi connectivity index (χ1) is 12.8. The van der Waals surface area contributed by atoms with Crippen LogP contribution in [-0.4, -0.2) is 10.8 Å². The number of hydrogen-bond donors (Lipinski definition) is 0. The van der Waals surface area contributed by atoms with Crippen molar-refractivity contribution >= 4 is 11.4 Å². The smallest absolute Gasteiger partial charge is 0.132 e. The Bertz CT molecular complexity index is 808. The number of halogens is 1. The zero-order valence-electron chi connectivity index (χ0n) is 17.1. The second-order valence-electron chi connectivity index (χ2n) is 7.48. The first-order valence-electron chi connectivity index (χ1n) is 9.75. The Morgan fingerprint density at radius 3 is 2.52 bits per heavy atom. The number of benzene rings is 1. The van der Waals surface area contributed by atoms with Crippen LogP contribution in [0.2, 0.25) is 0 Å². The third kappa shape index (κ3) is 5.59. The van der Waals surface area contributed by atoms with Gasteiger partial charge >= 0.3 is 0 Å². The normalized spacial score (nSPS) is 14.1. The highest BCUT2D eigenvalue weighted by Crippen LogP contribution is 2.28. The molecule has 0 amide bonds. The maximum Gasteiger partial charge on any atom is 0.132 e. The summed E-state index contributed by atoms with van der Waals surface area (Å²) in [6, 6.07) is 9.04. The molecule has 3 heteroatoms. The Morgan fingerprint density at radius 2 is 1.96 bits per heavy atom. The van der Waals surface area contributed by atoms with Gasteiger partial charge in [-0.25, -0.2) is 4.39 Å². The van der Waals surface area contributed by atoms with Crippen LogP contribution in [0.25, 0.3) is 5.57 Å². The van der Waals surface area contributed by atoms with Crippen LogP contribution in [0.5, 0.6) is 0 Å². The van der Waals surface area contributed by atoms with Gasteiger partial charge in [-0.1, -0.05) is 45.4 Å². The molecule has 0 spiro atoms. The van der Waals surface area contributed by atoms with E-state index in [2.05, 4.69) is 31.0 Å². The van der Waals surface area contributed by atoms with Crippen LogP contribution in [0.3, 0.4) is 0 Å². The first kappa shape index (κ1) is 21.0. The lowest BCUT2D eigenvalue weighted by Gasteiger charge is -2.17. The molecule has 0 saturated carbocycles. The first-order valence-corrected chi connectivity index (χ1v) is 9.75. The topological polar surface area (TPSA) is 30.0 Å². The number of hydrogen-bond acceptors (Lipinski definition) is 2. The molecule has 1 aromatic heterocycles. The zero-order chi connectivity index (χ0) is 20.0. The van der Waals surface area contributed by atoms with E-state index < -0.39 is 0 Å². The van der Waals surface area contributed by atoms with Gasteiger partial charge in [-0.15, -0.1) is 0 Å². The molecule has 2 unspecified atom stereocenters. The molecule has 0 aliphatic heterocycles. The number of pyridine rings is 1. The molecular weight excluding hydrogens is 337 g/mol. The minimum atomic E-state index is -0.215. The predicted octanol–water partition coefficient (Wildman–Crippen LogP) is 6.16. The van der Waals surface area contributed by atoms with Crippen molar-refractivity contribution in [1.29, 1.82) is 0 Å². The molecule has 1 aromatic carbocycles. The fourth-order valence-corrected chi connectivity index (χ4v) is 3.21. The van der Waals surface area contributed by atoms with Crippen molar-refractivity contribution in [3.8, 4) is 0 Å². The molecule has 27 heavy (non-hydrogen) atoms. The molecule has 2 nitrogen and oxygen atoms in total. The summed E-state index contributed by atoms with van der Waals surface area (Å²) in [5.74, 6) is 0.299. The van der Waals surface area contributed by atoms with Crippen molar-refractivity contribution in [3.63, 3.8) is 0 Å². The molecule has 0 bridgehead atoms. The highest BCUT2D eigenvalue weighted by atomic mass is 19.1. The standard InChI is InChI=1S/C24H30FNO/c1-6-7-8-24(23-12-10-21(25)13-17(23)3)20-9-11-22(26-15-20)14-16(2)18(4)19(5)27/h8-13,15-16,18H,6-7,14H2,1-5H3. The monoisotopic (exact) mass is 367 g/mol. The molecule has 0 fully saturated rings. The second-order valence-corrected chi connectivity index (χ2v) is 7.48. The average molecular weight is 368 g/mol. The van der Waals surface area contributed by atoms with Gasteiger partial charge in [0.05, 0.1) is 0 Å². The largest absolute Gasteiger partial charge is 0.300 e. The minimum absolute atomic E-state index is 0.0355. The number of aryl methyl sites for hydroxylation is 1. The van der Waals surface area contributed by atoms with Crippen molar-refractivity contribution < 1.29 is 9.18 Å². The number of allylic oxidation sites excluding steroid dienone is 1. The van der Waals surface area contributed by atoms with Gasteiger partial charge in [0.1, 0.15) is 11.6 Å². The molecule has 0 N–H and O–H groups in total. The van der Waals surface area contributed by atoms with Gasteiger partial charge < -0.3 is 0 Å². The number of aromatic nitrogens is 1. The van der Waals surface area contributed by atoms with Crippen molar-refractivity contribution in [1.82, 2.24) is 4.98 Å². The summed E-state index contributed by atoms with van der Waals surface area (Å²) in [6.07, 6.45) is 6.89. The Kier molecular flexibility index (Phi) is 7.46.